The number of nitro groups is 1. The van der Waals surface area contributed by atoms with E-state index in [4.69, 9.17) is 0 Å². The molecule has 1 aromatic heterocycles. The van der Waals surface area contributed by atoms with E-state index in [2.05, 4.69) is 31.5 Å². The van der Waals surface area contributed by atoms with Gasteiger partial charge in [0.25, 0.3) is 0 Å². The molecule has 1 heterocycles. The zero-order valence-corrected chi connectivity index (χ0v) is 12.2. The van der Waals surface area contributed by atoms with Gasteiger partial charge in [-0.1, -0.05) is 6.92 Å². The topological polar surface area (TPSA) is 97.2 Å². The van der Waals surface area contributed by atoms with Crippen LogP contribution in [-0.4, -0.2) is 28.4 Å². The summed E-state index contributed by atoms with van der Waals surface area (Å²) in [6, 6.07) is 0.741. The van der Waals surface area contributed by atoms with Gasteiger partial charge in [0.05, 0.1) is 4.92 Å². The lowest BCUT2D eigenvalue weighted by Gasteiger charge is -2.14. The Balaban J connectivity index is 2.81. The number of hydrogen-bond acceptors (Lipinski definition) is 5. The summed E-state index contributed by atoms with van der Waals surface area (Å²) in [6.45, 7) is 4.14. The number of carbonyl (C=O) groups is 1. The van der Waals surface area contributed by atoms with Gasteiger partial charge in [-0.05, 0) is 29.3 Å². The molecule has 0 aliphatic heterocycles. The second-order valence-corrected chi connectivity index (χ2v) is 4.85. The standard InChI is InChI=1S/C11H15BrN4O3/c1-3-4-13-11(17)7(2)15-10-9(16(18)19)5-8(12)6-14-10/h5-7H,3-4H2,1-2H3,(H,13,17)(H,14,15). The number of nitrogens with zero attached hydrogens (tertiary/aromatic N) is 2. The van der Waals surface area contributed by atoms with Crippen molar-refractivity contribution < 1.29 is 9.72 Å². The number of anilines is 1. The molecule has 1 aromatic rings. The van der Waals surface area contributed by atoms with E-state index in [9.17, 15) is 14.9 Å². The van der Waals surface area contributed by atoms with Gasteiger partial charge in [0.1, 0.15) is 6.04 Å². The Morgan fingerprint density at radius 3 is 2.89 bits per heavy atom. The summed E-state index contributed by atoms with van der Waals surface area (Å²) >= 11 is 3.12. The number of pyridine rings is 1. The first-order valence-corrected chi connectivity index (χ1v) is 6.59. The molecule has 0 saturated heterocycles. The summed E-state index contributed by atoms with van der Waals surface area (Å²) in [5.74, 6) is -0.145. The number of amides is 1. The molecule has 0 aromatic carbocycles. The van der Waals surface area contributed by atoms with E-state index in [1.165, 1.54) is 12.3 Å². The van der Waals surface area contributed by atoms with Crippen LogP contribution in [-0.2, 0) is 4.79 Å². The highest BCUT2D eigenvalue weighted by Gasteiger charge is 2.20. The van der Waals surface area contributed by atoms with Gasteiger partial charge in [0, 0.05) is 23.3 Å². The van der Waals surface area contributed by atoms with Crippen LogP contribution in [0.2, 0.25) is 0 Å². The minimum atomic E-state index is -0.598. The quantitative estimate of drug-likeness (QED) is 0.614. The first kappa shape index (κ1) is 15.4. The van der Waals surface area contributed by atoms with Gasteiger partial charge in [-0.15, -0.1) is 0 Å². The Kier molecular flexibility index (Phi) is 5.68. The second-order valence-electron chi connectivity index (χ2n) is 3.94. The Morgan fingerprint density at radius 2 is 2.32 bits per heavy atom. The maximum atomic E-state index is 11.7. The van der Waals surface area contributed by atoms with E-state index in [0.29, 0.717) is 11.0 Å². The zero-order valence-electron chi connectivity index (χ0n) is 10.6. The fourth-order valence-electron chi connectivity index (χ4n) is 1.35. The molecular formula is C11H15BrN4O3. The Labute approximate surface area is 119 Å². The normalized spacial score (nSPS) is 11.7. The predicted octanol–water partition coefficient (Wildman–Crippen LogP) is 2.08. The predicted molar refractivity (Wildman–Crippen MR) is 75.0 cm³/mol. The van der Waals surface area contributed by atoms with Gasteiger partial charge in [0.2, 0.25) is 11.7 Å². The molecule has 0 fully saturated rings. The van der Waals surface area contributed by atoms with Gasteiger partial charge in [0.15, 0.2) is 0 Å². The third-order valence-corrected chi connectivity index (χ3v) is 2.76. The van der Waals surface area contributed by atoms with Crippen LogP contribution in [0.25, 0.3) is 0 Å². The van der Waals surface area contributed by atoms with Crippen molar-refractivity contribution in [3.05, 3.63) is 26.9 Å². The smallest absolute Gasteiger partial charge is 0.312 e. The maximum absolute atomic E-state index is 11.7. The molecule has 0 bridgehead atoms. The van der Waals surface area contributed by atoms with Crippen molar-refractivity contribution in [2.24, 2.45) is 0 Å². The molecule has 19 heavy (non-hydrogen) atoms. The van der Waals surface area contributed by atoms with E-state index in [1.54, 1.807) is 6.92 Å². The summed E-state index contributed by atoms with van der Waals surface area (Å²) < 4.78 is 0.507. The van der Waals surface area contributed by atoms with E-state index in [1.807, 2.05) is 6.92 Å². The molecule has 8 heteroatoms. The van der Waals surface area contributed by atoms with Crippen LogP contribution in [0.4, 0.5) is 11.5 Å². The lowest BCUT2D eigenvalue weighted by molar-refractivity contribution is -0.384. The van der Waals surface area contributed by atoms with E-state index in [-0.39, 0.29) is 17.4 Å². The van der Waals surface area contributed by atoms with E-state index >= 15 is 0 Å². The molecule has 0 spiro atoms. The van der Waals surface area contributed by atoms with Crippen LogP contribution in [0.3, 0.4) is 0 Å². The molecule has 1 atom stereocenters. The van der Waals surface area contributed by atoms with Crippen molar-refractivity contribution in [3.8, 4) is 0 Å². The minimum Gasteiger partial charge on any atom is -0.354 e. The van der Waals surface area contributed by atoms with Gasteiger partial charge in [-0.3, -0.25) is 14.9 Å². The molecule has 1 rings (SSSR count). The van der Waals surface area contributed by atoms with Crippen molar-refractivity contribution >= 4 is 33.3 Å². The van der Waals surface area contributed by atoms with Crippen molar-refractivity contribution in [2.75, 3.05) is 11.9 Å². The van der Waals surface area contributed by atoms with Crippen LogP contribution in [0, 0.1) is 10.1 Å². The Morgan fingerprint density at radius 1 is 1.63 bits per heavy atom. The SMILES string of the molecule is CCCNC(=O)C(C)Nc1ncc(Br)cc1[N+](=O)[O-]. The molecule has 2 N–H and O–H groups in total. The van der Waals surface area contributed by atoms with Gasteiger partial charge < -0.3 is 10.6 Å². The summed E-state index contributed by atoms with van der Waals surface area (Å²) in [5.41, 5.74) is -0.176. The molecule has 0 radical (unpaired) electrons. The van der Waals surface area contributed by atoms with E-state index in [0.717, 1.165) is 6.42 Å². The number of carbonyl (C=O) groups excluding carboxylic acids is 1. The van der Waals surface area contributed by atoms with Crippen LogP contribution < -0.4 is 10.6 Å². The molecule has 1 amide bonds. The second kappa shape index (κ2) is 7.03. The van der Waals surface area contributed by atoms with Gasteiger partial charge >= 0.3 is 5.69 Å². The van der Waals surface area contributed by atoms with E-state index < -0.39 is 11.0 Å². The number of aromatic nitrogens is 1. The van der Waals surface area contributed by atoms with Crippen LogP contribution in [0.1, 0.15) is 20.3 Å². The molecular weight excluding hydrogens is 316 g/mol. The molecule has 0 aliphatic rings. The Bertz CT molecular complexity index is 481. The lowest BCUT2D eigenvalue weighted by atomic mass is 10.3. The molecule has 7 nitrogen and oxygen atoms in total. The highest BCUT2D eigenvalue weighted by atomic mass is 79.9. The average molecular weight is 331 g/mol. The average Bonchev–Trinajstić information content (AvgIpc) is 2.37. The fraction of sp³-hybridized carbons (Fsp3) is 0.455. The molecule has 0 saturated carbocycles. The van der Waals surface area contributed by atoms with Crippen molar-refractivity contribution in [1.29, 1.82) is 0 Å². The van der Waals surface area contributed by atoms with Crippen LogP contribution in [0.15, 0.2) is 16.7 Å². The zero-order chi connectivity index (χ0) is 14.4. The maximum Gasteiger partial charge on any atom is 0.312 e. The fourth-order valence-corrected chi connectivity index (χ4v) is 1.67. The summed E-state index contributed by atoms with van der Waals surface area (Å²) in [5, 5.41) is 16.3. The van der Waals surface area contributed by atoms with Gasteiger partial charge in [-0.25, -0.2) is 4.98 Å². The molecule has 104 valence electrons. The van der Waals surface area contributed by atoms with Crippen molar-refractivity contribution in [3.63, 3.8) is 0 Å². The monoisotopic (exact) mass is 330 g/mol. The first-order valence-electron chi connectivity index (χ1n) is 5.80. The summed E-state index contributed by atoms with van der Waals surface area (Å²) in [6.07, 6.45) is 2.27. The number of hydrogen-bond donors (Lipinski definition) is 2. The highest BCUT2D eigenvalue weighted by molar-refractivity contribution is 9.10. The van der Waals surface area contributed by atoms with Crippen LogP contribution in [0.5, 0.6) is 0 Å². The minimum absolute atomic E-state index is 0.0762. The summed E-state index contributed by atoms with van der Waals surface area (Å²) in [4.78, 5) is 26.0. The Hall–Kier alpha value is -1.70. The van der Waals surface area contributed by atoms with Crippen molar-refractivity contribution in [1.82, 2.24) is 10.3 Å². The first-order chi connectivity index (χ1) is 8.95. The lowest BCUT2D eigenvalue weighted by Crippen LogP contribution is -2.38. The number of nitrogens with one attached hydrogen (secondary N) is 2. The molecule has 1 unspecified atom stereocenters. The third-order valence-electron chi connectivity index (χ3n) is 2.33. The largest absolute Gasteiger partial charge is 0.354 e. The van der Waals surface area contributed by atoms with Crippen molar-refractivity contribution in [2.45, 2.75) is 26.3 Å². The number of halogens is 1. The summed E-state index contributed by atoms with van der Waals surface area (Å²) in [7, 11) is 0. The third kappa shape index (κ3) is 4.47. The van der Waals surface area contributed by atoms with Gasteiger partial charge in [-0.2, -0.15) is 0 Å². The number of rotatable bonds is 6. The van der Waals surface area contributed by atoms with Crippen LogP contribution >= 0.6 is 15.9 Å². The molecule has 0 aliphatic carbocycles. The highest BCUT2D eigenvalue weighted by Crippen LogP contribution is 2.25.